The van der Waals surface area contributed by atoms with Crippen LogP contribution in [0.4, 0.5) is 0 Å². The van der Waals surface area contributed by atoms with Crippen LogP contribution in [0.3, 0.4) is 0 Å². The van der Waals surface area contributed by atoms with Gasteiger partial charge in [-0.05, 0) is 43.5 Å². The number of hydrogen-bond donors (Lipinski definition) is 1. The number of ether oxygens (including phenoxy) is 2. The molecular weight excluding hydrogens is 430 g/mol. The molecule has 32 heavy (non-hydrogen) atoms. The number of aryl methyl sites for hydroxylation is 1. The van der Waals surface area contributed by atoms with Crippen LogP contribution in [0, 0.1) is 0 Å². The van der Waals surface area contributed by atoms with Crippen LogP contribution in [-0.4, -0.2) is 44.8 Å². The number of carbonyl (C=O) groups excluding carboxylic acids is 1. The van der Waals surface area contributed by atoms with Crippen molar-refractivity contribution in [1.82, 2.24) is 10.1 Å². The number of carbonyl (C=O) groups is 1. The van der Waals surface area contributed by atoms with Crippen molar-refractivity contribution in [1.29, 1.82) is 0 Å². The van der Waals surface area contributed by atoms with E-state index < -0.39 is 21.5 Å². The normalized spacial score (nSPS) is 16.4. The summed E-state index contributed by atoms with van der Waals surface area (Å²) >= 11 is 0. The second-order valence-electron chi connectivity index (χ2n) is 7.54. The summed E-state index contributed by atoms with van der Waals surface area (Å²) in [5.41, 5.74) is 6.52. The third-order valence-electron chi connectivity index (χ3n) is 5.45. The van der Waals surface area contributed by atoms with E-state index in [0.29, 0.717) is 67.9 Å². The maximum absolute atomic E-state index is 13.1. The van der Waals surface area contributed by atoms with Crippen molar-refractivity contribution in [3.05, 3.63) is 60.5 Å². The van der Waals surface area contributed by atoms with E-state index in [0.717, 1.165) is 5.56 Å². The average Bonchev–Trinajstić information content (AvgIpc) is 3.32. The van der Waals surface area contributed by atoms with Crippen molar-refractivity contribution in [3.8, 4) is 17.1 Å². The van der Waals surface area contributed by atoms with Gasteiger partial charge in [0.2, 0.25) is 17.6 Å². The number of aromatic nitrogens is 2. The van der Waals surface area contributed by atoms with E-state index in [9.17, 15) is 9.00 Å². The highest BCUT2D eigenvalue weighted by molar-refractivity contribution is 7.87. The molecule has 0 spiro atoms. The van der Waals surface area contributed by atoms with Crippen LogP contribution < -0.4 is 10.5 Å². The van der Waals surface area contributed by atoms with Crippen molar-refractivity contribution in [2.45, 2.75) is 35.3 Å². The lowest BCUT2D eigenvalue weighted by Gasteiger charge is -2.33. The smallest absolute Gasteiger partial charge is 0.236 e. The van der Waals surface area contributed by atoms with Gasteiger partial charge in [-0.1, -0.05) is 35.5 Å². The summed E-state index contributed by atoms with van der Waals surface area (Å²) in [6, 6.07) is 16.6. The number of benzene rings is 2. The van der Waals surface area contributed by atoms with Gasteiger partial charge in [0.15, 0.2) is 0 Å². The van der Waals surface area contributed by atoms with Crippen LogP contribution in [0.1, 0.15) is 25.2 Å². The lowest BCUT2D eigenvalue weighted by atomic mass is 9.98. The van der Waals surface area contributed by atoms with Gasteiger partial charge in [0, 0.05) is 30.1 Å². The lowest BCUT2D eigenvalue weighted by Crippen LogP contribution is -2.51. The van der Waals surface area contributed by atoms with Crippen LogP contribution in [0.25, 0.3) is 11.4 Å². The van der Waals surface area contributed by atoms with Gasteiger partial charge in [0.05, 0.1) is 17.4 Å². The van der Waals surface area contributed by atoms with Crippen LogP contribution in [0.5, 0.6) is 5.75 Å². The predicted octanol–water partition coefficient (Wildman–Crippen LogP) is 2.89. The van der Waals surface area contributed by atoms with E-state index in [-0.39, 0.29) is 0 Å². The van der Waals surface area contributed by atoms with Crippen LogP contribution in [-0.2, 0) is 26.8 Å². The summed E-state index contributed by atoms with van der Waals surface area (Å²) in [5, 5.41) is 4.01. The predicted molar refractivity (Wildman–Crippen MR) is 118 cm³/mol. The molecule has 1 fully saturated rings. The van der Waals surface area contributed by atoms with Crippen LogP contribution >= 0.6 is 0 Å². The fourth-order valence-electron chi connectivity index (χ4n) is 3.58. The van der Waals surface area contributed by atoms with Gasteiger partial charge in [-0.2, -0.15) is 4.98 Å². The van der Waals surface area contributed by atoms with Crippen molar-refractivity contribution in [3.63, 3.8) is 0 Å². The minimum atomic E-state index is -1.55. The van der Waals surface area contributed by atoms with E-state index >= 15 is 0 Å². The summed E-state index contributed by atoms with van der Waals surface area (Å²) in [6.45, 7) is 1.22. The molecule has 1 aliphatic heterocycles. The minimum Gasteiger partial charge on any atom is -0.494 e. The van der Waals surface area contributed by atoms with Crippen molar-refractivity contribution >= 4 is 16.7 Å². The topological polar surface area (TPSA) is 118 Å². The third kappa shape index (κ3) is 4.89. The molecule has 1 atom stereocenters. The van der Waals surface area contributed by atoms with Gasteiger partial charge in [-0.25, -0.2) is 0 Å². The summed E-state index contributed by atoms with van der Waals surface area (Å²) < 4.78 is 28.4. The first-order chi connectivity index (χ1) is 15.6. The number of hydrogen-bond acceptors (Lipinski definition) is 7. The quantitative estimate of drug-likeness (QED) is 0.493. The second-order valence-corrected chi connectivity index (χ2v) is 9.33. The maximum Gasteiger partial charge on any atom is 0.236 e. The molecule has 0 aliphatic carbocycles. The molecule has 2 heterocycles. The Balaban J connectivity index is 1.28. The molecule has 1 unspecified atom stereocenters. The average molecular weight is 456 g/mol. The molecular formula is C23H25N3O5S. The highest BCUT2D eigenvalue weighted by Crippen LogP contribution is 2.32. The number of primary amides is 1. The molecule has 168 valence electrons. The van der Waals surface area contributed by atoms with Gasteiger partial charge in [0.1, 0.15) is 10.5 Å². The molecule has 8 nitrogen and oxygen atoms in total. The Morgan fingerprint density at radius 1 is 1.09 bits per heavy atom. The molecule has 9 heteroatoms. The van der Waals surface area contributed by atoms with Gasteiger partial charge in [0.25, 0.3) is 0 Å². The molecule has 1 saturated heterocycles. The van der Waals surface area contributed by atoms with Crippen molar-refractivity contribution in [2.75, 3.05) is 19.8 Å². The number of nitrogens with two attached hydrogens (primary N) is 1. The van der Waals surface area contributed by atoms with Gasteiger partial charge in [-0.15, -0.1) is 0 Å². The van der Waals surface area contributed by atoms with Gasteiger partial charge >= 0.3 is 0 Å². The molecule has 0 saturated carbocycles. The second kappa shape index (κ2) is 10.1. The van der Waals surface area contributed by atoms with E-state index in [1.807, 2.05) is 30.3 Å². The zero-order chi connectivity index (χ0) is 22.4. The zero-order valence-corrected chi connectivity index (χ0v) is 18.4. The standard InChI is InChI=1S/C23H25N3O5S/c24-22(27)23(12-15-29-16-13-23)32(28)19-10-8-18(9-11-19)30-14-4-7-20-25-21(26-31-20)17-5-2-1-3-6-17/h1-3,5-6,8-11H,4,7,12-16H2,(H2,24,27). The monoisotopic (exact) mass is 455 g/mol. The largest absolute Gasteiger partial charge is 0.494 e. The Kier molecular flexibility index (Phi) is 6.96. The molecule has 1 aliphatic rings. The zero-order valence-electron chi connectivity index (χ0n) is 17.6. The molecule has 1 aromatic heterocycles. The highest BCUT2D eigenvalue weighted by Gasteiger charge is 2.45. The van der Waals surface area contributed by atoms with Crippen molar-refractivity contribution in [2.24, 2.45) is 5.73 Å². The molecule has 2 aromatic carbocycles. The fraction of sp³-hybridized carbons (Fsp3) is 0.348. The Hall–Kier alpha value is -3.04. The molecule has 0 radical (unpaired) electrons. The van der Waals surface area contributed by atoms with Crippen LogP contribution in [0.2, 0.25) is 0 Å². The molecule has 2 N–H and O–H groups in total. The SMILES string of the molecule is NC(=O)C1(S(=O)c2ccc(OCCCc3nc(-c4ccccc4)no3)cc2)CCOCC1. The first-order valence-electron chi connectivity index (χ1n) is 10.5. The van der Waals surface area contributed by atoms with E-state index in [2.05, 4.69) is 10.1 Å². The number of amides is 1. The van der Waals surface area contributed by atoms with Crippen molar-refractivity contribution < 1.29 is 23.0 Å². The number of nitrogens with zero attached hydrogens (tertiary/aromatic N) is 2. The minimum absolute atomic E-state index is 0.356. The molecule has 0 bridgehead atoms. The summed E-state index contributed by atoms with van der Waals surface area (Å²) in [6.07, 6.45) is 2.02. The van der Waals surface area contributed by atoms with Gasteiger partial charge < -0.3 is 19.7 Å². The van der Waals surface area contributed by atoms with E-state index in [1.54, 1.807) is 24.3 Å². The summed E-state index contributed by atoms with van der Waals surface area (Å²) in [4.78, 5) is 17.0. The Labute approximate surface area is 188 Å². The summed E-state index contributed by atoms with van der Waals surface area (Å²) in [5.74, 6) is 1.24. The number of rotatable bonds is 9. The molecule has 3 aromatic rings. The highest BCUT2D eigenvalue weighted by atomic mass is 32.2. The van der Waals surface area contributed by atoms with Crippen LogP contribution in [0.15, 0.2) is 64.0 Å². The fourth-order valence-corrected chi connectivity index (χ4v) is 5.14. The summed E-state index contributed by atoms with van der Waals surface area (Å²) in [7, 11) is -1.55. The van der Waals surface area contributed by atoms with E-state index in [1.165, 1.54) is 0 Å². The van der Waals surface area contributed by atoms with Gasteiger partial charge in [-0.3, -0.25) is 9.00 Å². The maximum atomic E-state index is 13.1. The first kappa shape index (κ1) is 22.2. The lowest BCUT2D eigenvalue weighted by molar-refractivity contribution is -0.122. The molecule has 1 amide bonds. The Morgan fingerprint density at radius 3 is 2.50 bits per heavy atom. The first-order valence-corrected chi connectivity index (χ1v) is 11.6. The van der Waals surface area contributed by atoms with E-state index in [4.69, 9.17) is 19.7 Å². The third-order valence-corrected chi connectivity index (χ3v) is 7.47. The Bertz CT molecular complexity index is 1060. The molecule has 4 rings (SSSR count). The Morgan fingerprint density at radius 2 is 1.81 bits per heavy atom.